The molecule has 0 spiro atoms. The Labute approximate surface area is 106 Å². The Morgan fingerprint density at radius 3 is 1.60 bits per heavy atom. The zero-order chi connectivity index (χ0) is 11.1. The first kappa shape index (κ1) is 24.1. The molecule has 0 aliphatic heterocycles. The molecule has 15 heavy (non-hydrogen) atoms. The molecule has 0 aromatic rings. The van der Waals surface area contributed by atoms with Crippen molar-refractivity contribution < 1.29 is 21.7 Å². The number of halogens is 2. The number of hydrogen-bond acceptors (Lipinski definition) is 1. The van der Waals surface area contributed by atoms with E-state index >= 15 is 0 Å². The van der Waals surface area contributed by atoms with Gasteiger partial charge >= 0.3 is 0 Å². The number of primary amides is 1. The summed E-state index contributed by atoms with van der Waals surface area (Å²) in [7, 11) is 6.64. The maximum absolute atomic E-state index is 9.82. The Bertz CT molecular complexity index is 165. The zero-order valence-corrected chi connectivity index (χ0v) is 11.9. The third kappa shape index (κ3) is 31.6. The van der Waals surface area contributed by atoms with E-state index in [0.29, 0.717) is 5.57 Å². The molecule has 0 radical (unpaired) electrons. The van der Waals surface area contributed by atoms with E-state index in [-0.39, 0.29) is 24.8 Å². The van der Waals surface area contributed by atoms with Gasteiger partial charge in [0.15, 0.2) is 0 Å². The molecule has 0 aromatic heterocycles. The average molecular weight is 259 g/mol. The lowest BCUT2D eigenvalue weighted by atomic mass is 10.3. The molecule has 0 aliphatic carbocycles. The van der Waals surface area contributed by atoms with Gasteiger partial charge in [-0.1, -0.05) is 13.5 Å². The van der Waals surface area contributed by atoms with Gasteiger partial charge in [0.1, 0.15) is 0 Å². The molecule has 5 heteroatoms. The molecule has 0 aromatic carbocycles. The van der Waals surface area contributed by atoms with Crippen molar-refractivity contribution in [3.63, 3.8) is 0 Å². The van der Waals surface area contributed by atoms with Crippen molar-refractivity contribution in [3.05, 3.63) is 12.2 Å². The van der Waals surface area contributed by atoms with Crippen molar-refractivity contribution in [1.29, 1.82) is 0 Å². The number of nitrogens with zero attached hydrogens (tertiary/aromatic N) is 1. The quantitative estimate of drug-likeness (QED) is 0.490. The second-order valence-corrected chi connectivity index (χ2v) is 4.16. The summed E-state index contributed by atoms with van der Waals surface area (Å²) in [6.45, 7) is 8.34. The second kappa shape index (κ2) is 11.8. The molecule has 0 rings (SSSR count). The zero-order valence-electron chi connectivity index (χ0n) is 10.3. The molecular formula is C10H24Cl2N2O. The SMILES string of the molecule is C=C(C)C(N)=O.CCC[N+](C)(C)C.Cl.[Cl-]. The molecule has 0 fully saturated rings. The summed E-state index contributed by atoms with van der Waals surface area (Å²) in [5, 5.41) is 0. The Morgan fingerprint density at radius 1 is 1.33 bits per heavy atom. The fraction of sp³-hybridized carbons (Fsp3) is 0.700. The lowest BCUT2D eigenvalue weighted by molar-refractivity contribution is -0.870. The van der Waals surface area contributed by atoms with Crippen LogP contribution in [0.1, 0.15) is 20.3 Å². The Morgan fingerprint density at radius 2 is 1.60 bits per heavy atom. The van der Waals surface area contributed by atoms with Crippen LogP contribution in [0.4, 0.5) is 0 Å². The van der Waals surface area contributed by atoms with Crippen LogP contribution < -0.4 is 18.1 Å². The van der Waals surface area contributed by atoms with Crippen LogP contribution in [-0.2, 0) is 4.79 Å². The molecule has 0 aliphatic rings. The van der Waals surface area contributed by atoms with Crippen LogP contribution in [-0.4, -0.2) is 38.1 Å². The van der Waals surface area contributed by atoms with E-state index in [1.54, 1.807) is 6.92 Å². The van der Waals surface area contributed by atoms with Crippen LogP contribution in [0, 0.1) is 0 Å². The minimum absolute atomic E-state index is 0. The summed E-state index contributed by atoms with van der Waals surface area (Å²) in [6.07, 6.45) is 1.28. The maximum atomic E-state index is 9.82. The largest absolute Gasteiger partial charge is 1.00 e. The fourth-order valence-electron chi connectivity index (χ4n) is 0.671. The lowest BCUT2D eigenvalue weighted by Gasteiger charge is -2.22. The van der Waals surface area contributed by atoms with Crippen molar-refractivity contribution >= 4 is 18.3 Å². The predicted octanol–water partition coefficient (Wildman–Crippen LogP) is -1.42. The number of hydrogen-bond donors (Lipinski definition) is 1. The van der Waals surface area contributed by atoms with Gasteiger partial charge in [-0.3, -0.25) is 4.79 Å². The van der Waals surface area contributed by atoms with Crippen LogP contribution in [0.25, 0.3) is 0 Å². The second-order valence-electron chi connectivity index (χ2n) is 4.16. The smallest absolute Gasteiger partial charge is 0.243 e. The van der Waals surface area contributed by atoms with Gasteiger partial charge in [0.25, 0.3) is 0 Å². The first-order valence-corrected chi connectivity index (χ1v) is 4.46. The van der Waals surface area contributed by atoms with Crippen LogP contribution in [0.5, 0.6) is 0 Å². The monoisotopic (exact) mass is 258 g/mol. The summed E-state index contributed by atoms with van der Waals surface area (Å²) < 4.78 is 1.09. The minimum atomic E-state index is -0.435. The summed E-state index contributed by atoms with van der Waals surface area (Å²) >= 11 is 0. The van der Waals surface area contributed by atoms with Crippen molar-refractivity contribution in [2.75, 3.05) is 27.7 Å². The highest BCUT2D eigenvalue weighted by atomic mass is 35.5. The van der Waals surface area contributed by atoms with Gasteiger partial charge < -0.3 is 22.6 Å². The summed E-state index contributed by atoms with van der Waals surface area (Å²) in [5.74, 6) is -0.435. The highest BCUT2D eigenvalue weighted by molar-refractivity contribution is 5.90. The first-order chi connectivity index (χ1) is 5.70. The molecule has 94 valence electrons. The number of carbonyl (C=O) groups is 1. The Hall–Kier alpha value is -0.250. The summed E-state index contributed by atoms with van der Waals surface area (Å²) in [5.41, 5.74) is 5.09. The Balaban J connectivity index is -0.0000000718. The van der Waals surface area contributed by atoms with Crippen molar-refractivity contribution in [3.8, 4) is 0 Å². The van der Waals surface area contributed by atoms with Crippen molar-refractivity contribution in [2.24, 2.45) is 5.73 Å². The van der Waals surface area contributed by atoms with E-state index in [0.717, 1.165) is 4.48 Å². The van der Waals surface area contributed by atoms with E-state index < -0.39 is 5.91 Å². The Kier molecular flexibility index (Phi) is 19.0. The van der Waals surface area contributed by atoms with Crippen LogP contribution >= 0.6 is 12.4 Å². The van der Waals surface area contributed by atoms with E-state index in [9.17, 15) is 4.79 Å². The molecule has 2 N–H and O–H groups in total. The molecule has 0 saturated carbocycles. The maximum Gasteiger partial charge on any atom is 0.243 e. The molecule has 0 heterocycles. The normalized spacial score (nSPS) is 8.60. The molecule has 3 nitrogen and oxygen atoms in total. The first-order valence-electron chi connectivity index (χ1n) is 4.46. The summed E-state index contributed by atoms with van der Waals surface area (Å²) in [4.78, 5) is 9.82. The van der Waals surface area contributed by atoms with Crippen molar-refractivity contribution in [1.82, 2.24) is 0 Å². The highest BCUT2D eigenvalue weighted by Crippen LogP contribution is 1.90. The van der Waals surface area contributed by atoms with Gasteiger partial charge in [0, 0.05) is 5.57 Å². The molecule has 0 bridgehead atoms. The average Bonchev–Trinajstić information content (AvgIpc) is 1.85. The van der Waals surface area contributed by atoms with Crippen LogP contribution in [0.2, 0.25) is 0 Å². The molecular weight excluding hydrogens is 235 g/mol. The van der Waals surface area contributed by atoms with Crippen LogP contribution in [0.15, 0.2) is 12.2 Å². The molecule has 0 unspecified atom stereocenters. The van der Waals surface area contributed by atoms with E-state index in [1.165, 1.54) is 13.0 Å². The summed E-state index contributed by atoms with van der Waals surface area (Å²) in [6, 6.07) is 0. The molecule has 0 saturated heterocycles. The van der Waals surface area contributed by atoms with E-state index in [4.69, 9.17) is 5.73 Å². The van der Waals surface area contributed by atoms with E-state index in [2.05, 4.69) is 34.6 Å². The van der Waals surface area contributed by atoms with Gasteiger partial charge in [-0.15, -0.1) is 12.4 Å². The van der Waals surface area contributed by atoms with E-state index in [1.807, 2.05) is 0 Å². The van der Waals surface area contributed by atoms with Gasteiger partial charge in [0.05, 0.1) is 27.7 Å². The fourth-order valence-corrected chi connectivity index (χ4v) is 0.671. The number of rotatable bonds is 3. The number of carbonyl (C=O) groups excluding carboxylic acids is 1. The molecule has 0 atom stereocenters. The third-order valence-corrected chi connectivity index (χ3v) is 1.32. The minimum Gasteiger partial charge on any atom is -1.00 e. The lowest BCUT2D eigenvalue weighted by Crippen LogP contribution is -3.00. The third-order valence-electron chi connectivity index (χ3n) is 1.32. The molecule has 1 amide bonds. The topological polar surface area (TPSA) is 43.1 Å². The number of amides is 1. The van der Waals surface area contributed by atoms with Crippen molar-refractivity contribution in [2.45, 2.75) is 20.3 Å². The van der Waals surface area contributed by atoms with Gasteiger partial charge in [0.2, 0.25) is 5.91 Å². The highest BCUT2D eigenvalue weighted by Gasteiger charge is 2.01. The number of quaternary nitrogens is 1. The number of nitrogens with two attached hydrogens (primary N) is 1. The van der Waals surface area contributed by atoms with Gasteiger partial charge in [-0.05, 0) is 13.3 Å². The standard InChI is InChI=1S/C6H16N.C4H7NO.2ClH/c1-5-6-7(2,3)4;1-3(2)4(5)6;;/h5-6H2,1-4H3;1H2,2H3,(H2,5,6);2*1H/q+1;;;/p-1. The van der Waals surface area contributed by atoms with Crippen LogP contribution in [0.3, 0.4) is 0 Å². The van der Waals surface area contributed by atoms with Gasteiger partial charge in [-0.25, -0.2) is 0 Å². The predicted molar refractivity (Wildman–Crippen MR) is 64.4 cm³/mol. The van der Waals surface area contributed by atoms with Gasteiger partial charge in [-0.2, -0.15) is 0 Å².